The van der Waals surface area contributed by atoms with Crippen molar-refractivity contribution in [1.82, 2.24) is 5.43 Å². The molecule has 5 heteroatoms. The van der Waals surface area contributed by atoms with Gasteiger partial charge in [-0.25, -0.2) is 4.39 Å². The lowest BCUT2D eigenvalue weighted by molar-refractivity contribution is 0.626. The molecule has 0 aliphatic heterocycles. The number of rotatable bonds is 4. The van der Waals surface area contributed by atoms with Crippen LogP contribution in [0.15, 0.2) is 53.6 Å². The second kappa shape index (κ2) is 7.66. The van der Waals surface area contributed by atoms with Gasteiger partial charge in [-0.15, -0.1) is 0 Å². The Morgan fingerprint density at radius 3 is 2.45 bits per heavy atom. The van der Waals surface area contributed by atoms with Gasteiger partial charge in [0.15, 0.2) is 5.11 Å². The highest BCUT2D eigenvalue weighted by Crippen LogP contribution is 2.16. The Bertz CT molecular complexity index is 666. The number of thiocarbonyl (C=S) groups is 1. The topological polar surface area (TPSA) is 36.4 Å². The zero-order valence-electron chi connectivity index (χ0n) is 12.5. The summed E-state index contributed by atoms with van der Waals surface area (Å²) in [4.78, 5) is 0. The average molecular weight is 315 g/mol. The first-order valence-electron chi connectivity index (χ1n) is 7.01. The molecule has 2 N–H and O–H groups in total. The van der Waals surface area contributed by atoms with Crippen molar-refractivity contribution in [2.24, 2.45) is 5.10 Å². The minimum absolute atomic E-state index is 0.323. The summed E-state index contributed by atoms with van der Waals surface area (Å²) < 4.78 is 13.4. The van der Waals surface area contributed by atoms with E-state index in [0.717, 1.165) is 5.69 Å². The summed E-state index contributed by atoms with van der Waals surface area (Å²) in [7, 11) is 0. The molecule has 0 aliphatic carbocycles. The number of hydrogen-bond acceptors (Lipinski definition) is 2. The smallest absolute Gasteiger partial charge is 0.191 e. The summed E-state index contributed by atoms with van der Waals surface area (Å²) in [5, 5.41) is 7.30. The van der Waals surface area contributed by atoms with Crippen molar-refractivity contribution in [3.05, 3.63) is 65.5 Å². The Labute approximate surface area is 135 Å². The zero-order chi connectivity index (χ0) is 15.9. The lowest BCUT2D eigenvalue weighted by Gasteiger charge is -2.09. The van der Waals surface area contributed by atoms with Crippen LogP contribution in [0.3, 0.4) is 0 Å². The third-order valence-electron chi connectivity index (χ3n) is 3.11. The molecule has 2 aromatic rings. The second-order valence-electron chi connectivity index (χ2n) is 5.12. The highest BCUT2D eigenvalue weighted by atomic mass is 32.1. The van der Waals surface area contributed by atoms with Gasteiger partial charge in [0.25, 0.3) is 0 Å². The Balaban J connectivity index is 1.89. The Hall–Kier alpha value is -2.27. The molecule has 3 nitrogen and oxygen atoms in total. The predicted molar refractivity (Wildman–Crippen MR) is 93.9 cm³/mol. The molecule has 0 amide bonds. The van der Waals surface area contributed by atoms with E-state index in [1.807, 2.05) is 12.1 Å². The number of benzene rings is 2. The SMILES string of the molecule is CC(C)c1ccc(NC(=S)N/N=C/c2ccccc2F)cc1. The van der Waals surface area contributed by atoms with E-state index in [1.54, 1.807) is 18.2 Å². The molecule has 0 bridgehead atoms. The fourth-order valence-electron chi connectivity index (χ4n) is 1.85. The van der Waals surface area contributed by atoms with E-state index in [9.17, 15) is 4.39 Å². The molecule has 0 heterocycles. The van der Waals surface area contributed by atoms with Crippen molar-refractivity contribution in [2.75, 3.05) is 5.32 Å². The summed E-state index contributed by atoms with van der Waals surface area (Å²) in [5.74, 6) is 0.167. The van der Waals surface area contributed by atoms with Crippen molar-refractivity contribution in [3.63, 3.8) is 0 Å². The number of nitrogens with one attached hydrogen (secondary N) is 2. The van der Waals surface area contributed by atoms with Gasteiger partial charge in [-0.3, -0.25) is 5.43 Å². The Morgan fingerprint density at radius 2 is 1.82 bits per heavy atom. The lowest BCUT2D eigenvalue weighted by atomic mass is 10.0. The van der Waals surface area contributed by atoms with E-state index in [0.29, 0.717) is 16.6 Å². The van der Waals surface area contributed by atoms with Gasteiger partial charge in [-0.1, -0.05) is 44.2 Å². The highest BCUT2D eigenvalue weighted by Gasteiger charge is 2.00. The molecule has 114 valence electrons. The predicted octanol–water partition coefficient (Wildman–Crippen LogP) is 4.27. The molecule has 0 unspecified atom stereocenters. The van der Waals surface area contributed by atoms with E-state index in [1.165, 1.54) is 17.8 Å². The largest absolute Gasteiger partial charge is 0.331 e. The molecule has 0 spiro atoms. The number of nitrogens with zero attached hydrogens (tertiary/aromatic N) is 1. The van der Waals surface area contributed by atoms with Crippen LogP contribution in [0.4, 0.5) is 10.1 Å². The van der Waals surface area contributed by atoms with E-state index in [2.05, 4.69) is 41.8 Å². The molecule has 0 saturated carbocycles. The molecule has 0 aromatic heterocycles. The van der Waals surface area contributed by atoms with Crippen molar-refractivity contribution in [1.29, 1.82) is 0 Å². The van der Waals surface area contributed by atoms with Crippen molar-refractivity contribution < 1.29 is 4.39 Å². The van der Waals surface area contributed by atoms with Gasteiger partial charge in [0, 0.05) is 11.3 Å². The molecular formula is C17H18FN3S. The van der Waals surface area contributed by atoms with Gasteiger partial charge < -0.3 is 5.32 Å². The second-order valence-corrected chi connectivity index (χ2v) is 5.53. The summed E-state index contributed by atoms with van der Waals surface area (Å²) in [5.41, 5.74) is 5.21. The maximum Gasteiger partial charge on any atom is 0.191 e. The third-order valence-corrected chi connectivity index (χ3v) is 3.30. The van der Waals surface area contributed by atoms with Gasteiger partial charge in [-0.05, 0) is 41.9 Å². The van der Waals surface area contributed by atoms with Crippen LogP contribution < -0.4 is 10.7 Å². The van der Waals surface area contributed by atoms with Crippen LogP contribution in [0, 0.1) is 5.82 Å². The average Bonchev–Trinajstić information content (AvgIpc) is 2.50. The van der Waals surface area contributed by atoms with E-state index in [-0.39, 0.29) is 5.82 Å². The van der Waals surface area contributed by atoms with Crippen LogP contribution in [-0.4, -0.2) is 11.3 Å². The zero-order valence-corrected chi connectivity index (χ0v) is 13.3. The number of halogens is 1. The Kier molecular flexibility index (Phi) is 5.61. The van der Waals surface area contributed by atoms with Crippen LogP contribution in [0.5, 0.6) is 0 Å². The molecule has 22 heavy (non-hydrogen) atoms. The van der Waals surface area contributed by atoms with E-state index in [4.69, 9.17) is 12.2 Å². The third kappa shape index (κ3) is 4.63. The molecule has 0 aliphatic rings. The first kappa shape index (κ1) is 16.1. The minimum Gasteiger partial charge on any atom is -0.331 e. The van der Waals surface area contributed by atoms with Crippen LogP contribution >= 0.6 is 12.2 Å². The van der Waals surface area contributed by atoms with Gasteiger partial charge in [0.2, 0.25) is 0 Å². The summed E-state index contributed by atoms with van der Waals surface area (Å²) in [6, 6.07) is 14.4. The van der Waals surface area contributed by atoms with Crippen LogP contribution in [0.1, 0.15) is 30.9 Å². The highest BCUT2D eigenvalue weighted by molar-refractivity contribution is 7.80. The minimum atomic E-state index is -0.323. The van der Waals surface area contributed by atoms with Crippen LogP contribution in [-0.2, 0) is 0 Å². The van der Waals surface area contributed by atoms with E-state index < -0.39 is 0 Å². The summed E-state index contributed by atoms with van der Waals surface area (Å²) >= 11 is 5.14. The van der Waals surface area contributed by atoms with Crippen LogP contribution in [0.2, 0.25) is 0 Å². The van der Waals surface area contributed by atoms with Gasteiger partial charge in [0.1, 0.15) is 5.82 Å². The molecule has 0 atom stereocenters. The summed E-state index contributed by atoms with van der Waals surface area (Å²) in [6.45, 7) is 4.29. The fourth-order valence-corrected chi connectivity index (χ4v) is 2.02. The molecule has 0 radical (unpaired) electrons. The van der Waals surface area contributed by atoms with E-state index >= 15 is 0 Å². The van der Waals surface area contributed by atoms with Crippen molar-refractivity contribution in [2.45, 2.75) is 19.8 Å². The monoisotopic (exact) mass is 315 g/mol. The molecule has 2 rings (SSSR count). The molecular weight excluding hydrogens is 297 g/mol. The summed E-state index contributed by atoms with van der Waals surface area (Å²) in [6.07, 6.45) is 1.39. The Morgan fingerprint density at radius 1 is 1.14 bits per heavy atom. The van der Waals surface area contributed by atoms with Gasteiger partial charge >= 0.3 is 0 Å². The lowest BCUT2D eigenvalue weighted by Crippen LogP contribution is -2.23. The number of hydrogen-bond donors (Lipinski definition) is 2. The van der Waals surface area contributed by atoms with Crippen molar-refractivity contribution >= 4 is 29.2 Å². The molecule has 0 saturated heterocycles. The normalized spacial score (nSPS) is 10.9. The maximum atomic E-state index is 13.4. The quantitative estimate of drug-likeness (QED) is 0.502. The van der Waals surface area contributed by atoms with Crippen LogP contribution in [0.25, 0.3) is 0 Å². The van der Waals surface area contributed by atoms with Crippen molar-refractivity contribution in [3.8, 4) is 0 Å². The fraction of sp³-hybridized carbons (Fsp3) is 0.176. The first-order valence-corrected chi connectivity index (χ1v) is 7.41. The maximum absolute atomic E-state index is 13.4. The van der Waals surface area contributed by atoms with Gasteiger partial charge in [-0.2, -0.15) is 5.10 Å². The standard InChI is InChI=1S/C17H18FN3S/c1-12(2)13-7-9-15(10-8-13)20-17(22)21-19-11-14-5-3-4-6-16(14)18/h3-12H,1-2H3,(H2,20,21,22)/b19-11+. The first-order chi connectivity index (χ1) is 10.6. The van der Waals surface area contributed by atoms with Gasteiger partial charge in [0.05, 0.1) is 6.21 Å². The number of hydrazone groups is 1. The molecule has 0 fully saturated rings. The molecule has 2 aromatic carbocycles. The number of anilines is 1.